The number of hydrogen-bond donors (Lipinski definition) is 1. The lowest BCUT2D eigenvalue weighted by Gasteiger charge is -2.17. The molecule has 0 amide bonds. The molecule has 1 aliphatic heterocycles. The van der Waals surface area contributed by atoms with Crippen LogP contribution >= 0.6 is 23.2 Å². The standard InChI is InChI=1S/C10H12Cl2N2O/c1-6-9(2-3-15-6)14-10-8(12)4-7(11)5-13-10/h4-6,9H,2-3H2,1H3,(H,13,14). The van der Waals surface area contributed by atoms with E-state index in [2.05, 4.69) is 10.3 Å². The van der Waals surface area contributed by atoms with Gasteiger partial charge in [-0.25, -0.2) is 4.98 Å². The highest BCUT2D eigenvalue weighted by Gasteiger charge is 2.24. The van der Waals surface area contributed by atoms with Gasteiger partial charge in [-0.15, -0.1) is 0 Å². The fraction of sp³-hybridized carbons (Fsp3) is 0.500. The van der Waals surface area contributed by atoms with Crippen LogP contribution in [0.5, 0.6) is 0 Å². The van der Waals surface area contributed by atoms with Gasteiger partial charge in [-0.2, -0.15) is 0 Å². The number of nitrogens with zero attached hydrogens (tertiary/aromatic N) is 1. The lowest BCUT2D eigenvalue weighted by Crippen LogP contribution is -2.27. The van der Waals surface area contributed by atoms with Crippen molar-refractivity contribution < 1.29 is 4.74 Å². The van der Waals surface area contributed by atoms with Crippen molar-refractivity contribution in [3.8, 4) is 0 Å². The average Bonchev–Trinajstić information content (AvgIpc) is 2.57. The molecule has 0 aromatic carbocycles. The van der Waals surface area contributed by atoms with Gasteiger partial charge in [0.05, 0.1) is 22.2 Å². The minimum absolute atomic E-state index is 0.193. The number of anilines is 1. The van der Waals surface area contributed by atoms with Crippen LogP contribution in [0.15, 0.2) is 12.3 Å². The first-order valence-electron chi connectivity index (χ1n) is 4.86. The Hall–Kier alpha value is -0.510. The van der Waals surface area contributed by atoms with E-state index in [4.69, 9.17) is 27.9 Å². The first kappa shape index (κ1) is 11.0. The average molecular weight is 247 g/mol. The zero-order valence-corrected chi connectivity index (χ0v) is 9.85. The molecule has 15 heavy (non-hydrogen) atoms. The topological polar surface area (TPSA) is 34.1 Å². The summed E-state index contributed by atoms with van der Waals surface area (Å²) >= 11 is 11.8. The van der Waals surface area contributed by atoms with Crippen LogP contribution < -0.4 is 5.32 Å². The van der Waals surface area contributed by atoms with Crippen LogP contribution in [-0.4, -0.2) is 23.7 Å². The van der Waals surface area contributed by atoms with Gasteiger partial charge in [-0.3, -0.25) is 0 Å². The van der Waals surface area contributed by atoms with Crippen LogP contribution in [0, 0.1) is 0 Å². The summed E-state index contributed by atoms with van der Waals surface area (Å²) < 4.78 is 5.44. The van der Waals surface area contributed by atoms with E-state index in [9.17, 15) is 0 Å². The SMILES string of the molecule is CC1OCCC1Nc1ncc(Cl)cc1Cl. The number of nitrogens with one attached hydrogen (secondary N) is 1. The van der Waals surface area contributed by atoms with Crippen molar-refractivity contribution in [3.63, 3.8) is 0 Å². The molecule has 1 saturated heterocycles. The van der Waals surface area contributed by atoms with Gasteiger partial charge in [-0.05, 0) is 19.4 Å². The molecule has 2 rings (SSSR count). The zero-order chi connectivity index (χ0) is 10.8. The van der Waals surface area contributed by atoms with Gasteiger partial charge in [0.1, 0.15) is 5.82 Å². The second kappa shape index (κ2) is 4.56. The number of pyridine rings is 1. The number of rotatable bonds is 2. The van der Waals surface area contributed by atoms with Crippen molar-refractivity contribution in [2.75, 3.05) is 11.9 Å². The minimum Gasteiger partial charge on any atom is -0.376 e. The second-order valence-corrected chi connectivity index (χ2v) is 4.44. The lowest BCUT2D eigenvalue weighted by atomic mass is 10.1. The van der Waals surface area contributed by atoms with E-state index in [-0.39, 0.29) is 12.1 Å². The van der Waals surface area contributed by atoms with E-state index in [1.54, 1.807) is 12.3 Å². The van der Waals surface area contributed by atoms with Gasteiger partial charge in [-0.1, -0.05) is 23.2 Å². The predicted octanol–water partition coefficient (Wildman–Crippen LogP) is 2.98. The Morgan fingerprint density at radius 1 is 1.53 bits per heavy atom. The summed E-state index contributed by atoms with van der Waals surface area (Å²) in [7, 11) is 0. The molecular weight excluding hydrogens is 235 g/mol. The molecule has 1 fully saturated rings. The summed E-state index contributed by atoms with van der Waals surface area (Å²) in [5, 5.41) is 4.35. The molecule has 2 atom stereocenters. The molecule has 0 radical (unpaired) electrons. The summed E-state index contributed by atoms with van der Waals surface area (Å²) in [5.41, 5.74) is 0. The van der Waals surface area contributed by atoms with Crippen LogP contribution in [0.25, 0.3) is 0 Å². The number of halogens is 2. The Balaban J connectivity index is 2.10. The summed E-state index contributed by atoms with van der Waals surface area (Å²) in [6.45, 7) is 2.82. The Morgan fingerprint density at radius 3 is 2.93 bits per heavy atom. The first-order chi connectivity index (χ1) is 7.16. The molecule has 1 aromatic heterocycles. The highest BCUT2D eigenvalue weighted by atomic mass is 35.5. The van der Waals surface area contributed by atoms with Crippen molar-refractivity contribution >= 4 is 29.0 Å². The van der Waals surface area contributed by atoms with Gasteiger partial charge in [0.2, 0.25) is 0 Å². The monoisotopic (exact) mass is 246 g/mol. The van der Waals surface area contributed by atoms with Crippen LogP contribution in [0.2, 0.25) is 10.0 Å². The number of ether oxygens (including phenoxy) is 1. The lowest BCUT2D eigenvalue weighted by molar-refractivity contribution is 0.121. The molecule has 3 nitrogen and oxygen atoms in total. The number of aromatic nitrogens is 1. The molecule has 0 aliphatic carbocycles. The van der Waals surface area contributed by atoms with E-state index in [1.807, 2.05) is 6.92 Å². The van der Waals surface area contributed by atoms with Crippen molar-refractivity contribution in [2.45, 2.75) is 25.5 Å². The summed E-state index contributed by atoms with van der Waals surface area (Å²) in [4.78, 5) is 4.15. The van der Waals surface area contributed by atoms with Crippen LogP contribution in [0.4, 0.5) is 5.82 Å². The normalized spacial score (nSPS) is 25.5. The van der Waals surface area contributed by atoms with Gasteiger partial charge in [0, 0.05) is 12.8 Å². The van der Waals surface area contributed by atoms with Crippen molar-refractivity contribution in [2.24, 2.45) is 0 Å². The van der Waals surface area contributed by atoms with E-state index in [0.29, 0.717) is 15.9 Å². The van der Waals surface area contributed by atoms with Gasteiger partial charge < -0.3 is 10.1 Å². The maximum absolute atomic E-state index is 6.01. The molecule has 0 bridgehead atoms. The van der Waals surface area contributed by atoms with E-state index in [1.165, 1.54) is 0 Å². The van der Waals surface area contributed by atoms with Crippen LogP contribution in [-0.2, 0) is 4.74 Å². The van der Waals surface area contributed by atoms with Gasteiger partial charge in [0.25, 0.3) is 0 Å². The van der Waals surface area contributed by atoms with E-state index >= 15 is 0 Å². The fourth-order valence-corrected chi connectivity index (χ4v) is 2.05. The molecule has 82 valence electrons. The zero-order valence-electron chi connectivity index (χ0n) is 8.34. The van der Waals surface area contributed by atoms with Crippen LogP contribution in [0.1, 0.15) is 13.3 Å². The molecule has 0 saturated carbocycles. The number of hydrogen-bond acceptors (Lipinski definition) is 3. The van der Waals surface area contributed by atoms with Gasteiger partial charge in [0.15, 0.2) is 0 Å². The van der Waals surface area contributed by atoms with Crippen molar-refractivity contribution in [1.29, 1.82) is 0 Å². The van der Waals surface area contributed by atoms with E-state index in [0.717, 1.165) is 13.0 Å². The van der Waals surface area contributed by atoms with Crippen molar-refractivity contribution in [3.05, 3.63) is 22.3 Å². The molecule has 5 heteroatoms. The van der Waals surface area contributed by atoms with Crippen molar-refractivity contribution in [1.82, 2.24) is 4.98 Å². The summed E-state index contributed by atoms with van der Waals surface area (Å²) in [5.74, 6) is 0.670. The maximum atomic E-state index is 6.01. The maximum Gasteiger partial charge on any atom is 0.145 e. The second-order valence-electron chi connectivity index (χ2n) is 3.60. The first-order valence-corrected chi connectivity index (χ1v) is 5.61. The Kier molecular flexibility index (Phi) is 3.34. The molecule has 1 aliphatic rings. The third-order valence-electron chi connectivity index (χ3n) is 2.51. The quantitative estimate of drug-likeness (QED) is 0.872. The molecule has 1 aromatic rings. The fourth-order valence-electron chi connectivity index (χ4n) is 1.62. The summed E-state index contributed by atoms with van der Waals surface area (Å²) in [6, 6.07) is 1.95. The highest BCUT2D eigenvalue weighted by molar-refractivity contribution is 6.35. The molecule has 0 spiro atoms. The van der Waals surface area contributed by atoms with Crippen LogP contribution in [0.3, 0.4) is 0 Å². The Morgan fingerprint density at radius 2 is 2.33 bits per heavy atom. The van der Waals surface area contributed by atoms with Gasteiger partial charge >= 0.3 is 0 Å². The molecular formula is C10H12Cl2N2O. The predicted molar refractivity (Wildman–Crippen MR) is 61.7 cm³/mol. The Bertz CT molecular complexity index is 359. The van der Waals surface area contributed by atoms with E-state index < -0.39 is 0 Å². The largest absolute Gasteiger partial charge is 0.376 e. The highest BCUT2D eigenvalue weighted by Crippen LogP contribution is 2.25. The summed E-state index contributed by atoms with van der Waals surface area (Å²) in [6.07, 6.45) is 2.75. The smallest absolute Gasteiger partial charge is 0.145 e. The third kappa shape index (κ3) is 2.54. The third-order valence-corrected chi connectivity index (χ3v) is 3.00. The Labute approximate surface area is 98.7 Å². The molecule has 2 heterocycles. The molecule has 2 unspecified atom stereocenters. The minimum atomic E-state index is 0.193. The molecule has 1 N–H and O–H groups in total.